The van der Waals surface area contributed by atoms with Crippen molar-refractivity contribution in [3.05, 3.63) is 0 Å². The fourth-order valence-corrected chi connectivity index (χ4v) is 2.13. The lowest BCUT2D eigenvalue weighted by Gasteiger charge is -2.34. The van der Waals surface area contributed by atoms with Crippen LogP contribution in [0.1, 0.15) is 47.5 Å². The van der Waals surface area contributed by atoms with Crippen LogP contribution in [0.4, 0.5) is 0 Å². The molecule has 0 amide bonds. The maximum absolute atomic E-state index is 12.0. The molecule has 0 aliphatic heterocycles. The zero-order valence-corrected chi connectivity index (χ0v) is 13.7. The highest BCUT2D eigenvalue weighted by Gasteiger charge is 2.35. The van der Waals surface area contributed by atoms with Crippen molar-refractivity contribution in [1.29, 1.82) is 0 Å². The first-order valence-electron chi connectivity index (χ1n) is 7.37. The van der Waals surface area contributed by atoms with E-state index in [1.54, 1.807) is 0 Å². The molecule has 19 heavy (non-hydrogen) atoms. The Morgan fingerprint density at radius 1 is 1.37 bits per heavy atom. The van der Waals surface area contributed by atoms with Crippen LogP contribution >= 0.6 is 0 Å². The number of ether oxygens (including phenoxy) is 1. The molecule has 0 heterocycles. The van der Waals surface area contributed by atoms with Crippen LogP contribution in [-0.4, -0.2) is 49.7 Å². The summed E-state index contributed by atoms with van der Waals surface area (Å²) < 4.78 is 5.16. The van der Waals surface area contributed by atoms with Gasteiger partial charge in [-0.3, -0.25) is 4.79 Å². The van der Waals surface area contributed by atoms with Gasteiger partial charge < -0.3 is 15.0 Å². The highest BCUT2D eigenvalue weighted by atomic mass is 16.5. The van der Waals surface area contributed by atoms with E-state index in [1.165, 1.54) is 6.42 Å². The summed E-state index contributed by atoms with van der Waals surface area (Å²) in [5, 5.41) is 3.11. The first kappa shape index (κ1) is 18.4. The molecule has 0 bridgehead atoms. The maximum Gasteiger partial charge on any atom is 0.326 e. The second-order valence-corrected chi connectivity index (χ2v) is 5.81. The number of esters is 1. The summed E-state index contributed by atoms with van der Waals surface area (Å²) in [6.07, 6.45) is 1.92. The molecule has 0 radical (unpaired) electrons. The van der Waals surface area contributed by atoms with Gasteiger partial charge in [0.05, 0.1) is 6.61 Å². The fourth-order valence-electron chi connectivity index (χ4n) is 2.13. The molecule has 1 N–H and O–H groups in total. The smallest absolute Gasteiger partial charge is 0.326 e. The predicted molar refractivity (Wildman–Crippen MR) is 80.3 cm³/mol. The monoisotopic (exact) mass is 272 g/mol. The largest absolute Gasteiger partial charge is 0.465 e. The number of nitrogens with one attached hydrogen (secondary N) is 1. The maximum atomic E-state index is 12.0. The van der Waals surface area contributed by atoms with Gasteiger partial charge in [0.1, 0.15) is 5.54 Å². The van der Waals surface area contributed by atoms with Crippen LogP contribution in [0.5, 0.6) is 0 Å². The van der Waals surface area contributed by atoms with Gasteiger partial charge in [0.25, 0.3) is 0 Å². The highest BCUT2D eigenvalue weighted by molar-refractivity contribution is 5.80. The van der Waals surface area contributed by atoms with E-state index in [0.29, 0.717) is 18.6 Å². The van der Waals surface area contributed by atoms with Gasteiger partial charge in [0, 0.05) is 12.6 Å². The van der Waals surface area contributed by atoms with Gasteiger partial charge in [-0.2, -0.15) is 0 Å². The van der Waals surface area contributed by atoms with Gasteiger partial charge in [-0.15, -0.1) is 0 Å². The van der Waals surface area contributed by atoms with Crippen LogP contribution in [0.25, 0.3) is 0 Å². The Bertz CT molecular complexity index is 271. The topological polar surface area (TPSA) is 41.6 Å². The summed E-state index contributed by atoms with van der Waals surface area (Å²) in [6, 6.07) is 0.329. The minimum absolute atomic E-state index is 0.165. The summed E-state index contributed by atoms with van der Waals surface area (Å²) in [5.74, 6) is 0.511. The lowest BCUT2D eigenvalue weighted by molar-refractivity contribution is -0.151. The molecule has 0 saturated heterocycles. The number of rotatable bonds is 9. The molecule has 0 fully saturated rings. The molecule has 0 aromatic heterocycles. The number of nitrogens with zero attached hydrogens (tertiary/aromatic N) is 1. The molecule has 3 unspecified atom stereocenters. The van der Waals surface area contributed by atoms with Gasteiger partial charge in [0.15, 0.2) is 0 Å². The number of likely N-dealkylation sites (N-methyl/N-ethyl adjacent to an activating group) is 1. The first-order valence-corrected chi connectivity index (χ1v) is 7.37. The second-order valence-electron chi connectivity index (χ2n) is 5.81. The minimum atomic E-state index is -0.612. The van der Waals surface area contributed by atoms with Crippen LogP contribution in [0.2, 0.25) is 0 Å². The van der Waals surface area contributed by atoms with Crippen molar-refractivity contribution in [2.75, 3.05) is 27.2 Å². The Kier molecular flexibility index (Phi) is 8.26. The second kappa shape index (κ2) is 8.54. The van der Waals surface area contributed by atoms with Gasteiger partial charge >= 0.3 is 5.97 Å². The molecule has 0 aromatic carbocycles. The number of carbonyl (C=O) groups excluding carboxylic acids is 1. The molecular formula is C15H32N2O2. The summed E-state index contributed by atoms with van der Waals surface area (Å²) in [4.78, 5) is 14.4. The van der Waals surface area contributed by atoms with Crippen molar-refractivity contribution < 1.29 is 9.53 Å². The third-order valence-corrected chi connectivity index (χ3v) is 4.03. The van der Waals surface area contributed by atoms with Gasteiger partial charge in [0.2, 0.25) is 0 Å². The molecule has 0 rings (SSSR count). The van der Waals surface area contributed by atoms with Crippen molar-refractivity contribution in [2.45, 2.75) is 59.0 Å². The molecule has 4 nitrogen and oxygen atoms in total. The summed E-state index contributed by atoms with van der Waals surface area (Å²) >= 11 is 0. The third kappa shape index (κ3) is 5.91. The summed E-state index contributed by atoms with van der Waals surface area (Å²) in [5.41, 5.74) is -0.612. The zero-order chi connectivity index (χ0) is 15.1. The Balaban J connectivity index is 4.55. The Hall–Kier alpha value is -0.610. The average Bonchev–Trinajstić information content (AvgIpc) is 2.38. The lowest BCUT2D eigenvalue weighted by Crippen LogP contribution is -2.52. The molecule has 0 spiro atoms. The fraction of sp³-hybridized carbons (Fsp3) is 0.933. The van der Waals surface area contributed by atoms with Crippen molar-refractivity contribution in [3.63, 3.8) is 0 Å². The minimum Gasteiger partial charge on any atom is -0.465 e. The van der Waals surface area contributed by atoms with E-state index in [9.17, 15) is 4.79 Å². The van der Waals surface area contributed by atoms with E-state index in [0.717, 1.165) is 13.0 Å². The molecule has 0 aromatic rings. The summed E-state index contributed by atoms with van der Waals surface area (Å²) in [7, 11) is 3.94. The van der Waals surface area contributed by atoms with Crippen LogP contribution in [0.3, 0.4) is 0 Å². The number of hydrogen-bond donors (Lipinski definition) is 1. The van der Waals surface area contributed by atoms with Crippen molar-refractivity contribution in [1.82, 2.24) is 10.2 Å². The molecular weight excluding hydrogens is 240 g/mol. The van der Waals surface area contributed by atoms with E-state index < -0.39 is 5.54 Å². The SMILES string of the molecule is CCOC(=O)C(C)(CC(C)N(C)CC(C)CC)NC. The van der Waals surface area contributed by atoms with E-state index in [1.807, 2.05) is 20.9 Å². The Labute approximate surface area is 118 Å². The van der Waals surface area contributed by atoms with Crippen LogP contribution in [0.15, 0.2) is 0 Å². The van der Waals surface area contributed by atoms with Crippen molar-refractivity contribution in [2.24, 2.45) is 5.92 Å². The molecule has 0 aliphatic carbocycles. The molecule has 0 saturated carbocycles. The molecule has 3 atom stereocenters. The quantitative estimate of drug-likeness (QED) is 0.654. The number of carbonyl (C=O) groups is 1. The van der Waals surface area contributed by atoms with Crippen LogP contribution in [0, 0.1) is 5.92 Å². The Morgan fingerprint density at radius 3 is 2.37 bits per heavy atom. The highest BCUT2D eigenvalue weighted by Crippen LogP contribution is 2.18. The van der Waals surface area contributed by atoms with E-state index in [2.05, 4.69) is 38.0 Å². The van der Waals surface area contributed by atoms with E-state index >= 15 is 0 Å². The van der Waals surface area contributed by atoms with Gasteiger partial charge in [-0.05, 0) is 47.2 Å². The van der Waals surface area contributed by atoms with Crippen molar-refractivity contribution >= 4 is 5.97 Å². The standard InChI is InChI=1S/C15H32N2O2/c1-8-12(3)11-17(7)13(4)10-15(5,16-6)14(18)19-9-2/h12-13,16H,8-11H2,1-7H3. The lowest BCUT2D eigenvalue weighted by atomic mass is 9.92. The van der Waals surface area contributed by atoms with Crippen LogP contribution in [-0.2, 0) is 9.53 Å². The van der Waals surface area contributed by atoms with E-state index in [-0.39, 0.29) is 5.97 Å². The Morgan fingerprint density at radius 2 is 1.95 bits per heavy atom. The van der Waals surface area contributed by atoms with Crippen molar-refractivity contribution in [3.8, 4) is 0 Å². The zero-order valence-electron chi connectivity index (χ0n) is 13.7. The molecule has 0 aliphatic rings. The average molecular weight is 272 g/mol. The van der Waals surface area contributed by atoms with Gasteiger partial charge in [-0.25, -0.2) is 0 Å². The van der Waals surface area contributed by atoms with Crippen LogP contribution < -0.4 is 5.32 Å². The molecule has 114 valence electrons. The number of hydrogen-bond acceptors (Lipinski definition) is 4. The van der Waals surface area contributed by atoms with E-state index in [4.69, 9.17) is 4.74 Å². The third-order valence-electron chi connectivity index (χ3n) is 4.03. The van der Waals surface area contributed by atoms with Gasteiger partial charge in [-0.1, -0.05) is 20.3 Å². The first-order chi connectivity index (χ1) is 8.80. The normalized spacial score (nSPS) is 17.9. The molecule has 4 heteroatoms. The summed E-state index contributed by atoms with van der Waals surface area (Å²) in [6.45, 7) is 11.9. The predicted octanol–water partition coefficient (Wildman–Crippen LogP) is 2.28.